The monoisotopic (exact) mass is 443 g/mol. The number of ketones is 1. The zero-order chi connectivity index (χ0) is 22.1. The second-order valence-electron chi connectivity index (χ2n) is 9.02. The van der Waals surface area contributed by atoms with Gasteiger partial charge in [-0.05, 0) is 61.1 Å². The summed E-state index contributed by atoms with van der Waals surface area (Å²) in [7, 11) is 0. The predicted octanol–water partition coefficient (Wildman–Crippen LogP) is 5.92. The minimum absolute atomic E-state index is 0.00758. The van der Waals surface area contributed by atoms with Gasteiger partial charge in [-0.2, -0.15) is 0 Å². The number of rotatable bonds is 5. The van der Waals surface area contributed by atoms with Crippen molar-refractivity contribution in [3.05, 3.63) is 51.9 Å². The van der Waals surface area contributed by atoms with Gasteiger partial charge in [-0.1, -0.05) is 38.3 Å². The van der Waals surface area contributed by atoms with E-state index in [9.17, 15) is 9.59 Å². The Morgan fingerprint density at radius 3 is 2.81 bits per heavy atom. The first-order chi connectivity index (χ1) is 14.8. The fourth-order valence-corrected chi connectivity index (χ4v) is 4.97. The normalized spacial score (nSPS) is 21.3. The van der Waals surface area contributed by atoms with Gasteiger partial charge in [0.2, 0.25) is 0 Å². The number of carbonyl (C=O) groups is 2. The minimum Gasteiger partial charge on any atom is -0.485 e. The fraction of sp³-hybridized carbons (Fsp3) is 0.520. The predicted molar refractivity (Wildman–Crippen MR) is 120 cm³/mol. The van der Waals surface area contributed by atoms with Crippen LogP contribution in [0.2, 0.25) is 5.02 Å². The Kier molecular flexibility index (Phi) is 6.42. The molecule has 2 fully saturated rings. The van der Waals surface area contributed by atoms with E-state index in [1.54, 1.807) is 12.1 Å². The topological polar surface area (TPSA) is 59.8 Å². The maximum atomic E-state index is 13.1. The van der Waals surface area contributed by atoms with Crippen LogP contribution in [-0.2, 0) is 11.4 Å². The highest BCUT2D eigenvalue weighted by Gasteiger charge is 2.41. The summed E-state index contributed by atoms with van der Waals surface area (Å²) in [6.45, 7) is 6.86. The van der Waals surface area contributed by atoms with Crippen molar-refractivity contribution in [1.29, 1.82) is 0 Å². The van der Waals surface area contributed by atoms with Crippen LogP contribution in [0.15, 0.2) is 28.7 Å². The Balaban J connectivity index is 1.46. The van der Waals surface area contributed by atoms with Crippen LogP contribution in [0.25, 0.3) is 0 Å². The summed E-state index contributed by atoms with van der Waals surface area (Å²) in [5, 5.41) is 0.725. The van der Waals surface area contributed by atoms with Crippen molar-refractivity contribution in [2.75, 3.05) is 6.54 Å². The first-order valence-corrected chi connectivity index (χ1v) is 11.6. The Labute approximate surface area is 188 Å². The number of Topliss-reactive ketones (excluding diaryl/α,β-unsaturated/α-hetero) is 1. The van der Waals surface area contributed by atoms with Crippen molar-refractivity contribution in [2.24, 2.45) is 5.92 Å². The summed E-state index contributed by atoms with van der Waals surface area (Å²) in [6.07, 6.45) is 4.36. The van der Waals surface area contributed by atoms with Gasteiger partial charge in [-0.15, -0.1) is 0 Å². The lowest BCUT2D eigenvalue weighted by atomic mass is 9.77. The van der Waals surface area contributed by atoms with Crippen LogP contribution >= 0.6 is 11.6 Å². The minimum atomic E-state index is -0.124. The largest absolute Gasteiger partial charge is 0.485 e. The molecule has 0 radical (unpaired) electrons. The molecule has 2 heterocycles. The number of aryl methyl sites for hydroxylation is 1. The van der Waals surface area contributed by atoms with E-state index in [2.05, 4.69) is 13.8 Å². The molecule has 31 heavy (non-hydrogen) atoms. The van der Waals surface area contributed by atoms with Gasteiger partial charge in [-0.25, -0.2) is 0 Å². The van der Waals surface area contributed by atoms with Gasteiger partial charge in [0.25, 0.3) is 5.91 Å². The molecular weight excluding hydrogens is 414 g/mol. The molecular formula is C25H30ClNO4. The van der Waals surface area contributed by atoms with Gasteiger partial charge >= 0.3 is 0 Å². The summed E-state index contributed by atoms with van der Waals surface area (Å²) >= 11 is 6.28. The molecule has 4 rings (SSSR count). The lowest BCUT2D eigenvalue weighted by Crippen LogP contribution is -2.53. The zero-order valence-corrected chi connectivity index (χ0v) is 19.2. The SMILES string of the molecule is Cc1cc(OCc2ccc(C(=O)N3CCC(=O)[C@H]4CCCC[C@@H]43)o2)c(C(C)C)cc1Cl. The van der Waals surface area contributed by atoms with Crippen LogP contribution in [0.4, 0.5) is 0 Å². The van der Waals surface area contributed by atoms with Gasteiger partial charge in [0, 0.05) is 29.9 Å². The number of nitrogens with zero attached hydrogens (tertiary/aromatic N) is 1. The van der Waals surface area contributed by atoms with Crippen molar-refractivity contribution >= 4 is 23.3 Å². The number of carbonyl (C=O) groups excluding carboxylic acids is 2. The maximum Gasteiger partial charge on any atom is 0.289 e. The van der Waals surface area contributed by atoms with Crippen LogP contribution in [0.5, 0.6) is 5.75 Å². The number of halogens is 1. The van der Waals surface area contributed by atoms with Crippen molar-refractivity contribution in [3.63, 3.8) is 0 Å². The number of amides is 1. The molecule has 0 N–H and O–H groups in total. The van der Waals surface area contributed by atoms with E-state index < -0.39 is 0 Å². The van der Waals surface area contributed by atoms with E-state index in [1.807, 2.05) is 24.0 Å². The lowest BCUT2D eigenvalue weighted by molar-refractivity contribution is -0.129. The number of piperidine rings is 1. The number of benzene rings is 1. The third-order valence-electron chi connectivity index (χ3n) is 6.56. The molecule has 6 heteroatoms. The first-order valence-electron chi connectivity index (χ1n) is 11.2. The van der Waals surface area contributed by atoms with E-state index >= 15 is 0 Å². The molecule has 1 aliphatic carbocycles. The highest BCUT2D eigenvalue weighted by Crippen LogP contribution is 2.35. The molecule has 1 saturated carbocycles. The Bertz CT molecular complexity index is 980. The zero-order valence-electron chi connectivity index (χ0n) is 18.4. The van der Waals surface area contributed by atoms with E-state index in [-0.39, 0.29) is 30.4 Å². The highest BCUT2D eigenvalue weighted by molar-refractivity contribution is 6.31. The third-order valence-corrected chi connectivity index (χ3v) is 6.97. The van der Waals surface area contributed by atoms with Crippen molar-refractivity contribution in [2.45, 2.75) is 71.4 Å². The quantitative estimate of drug-likeness (QED) is 0.575. The number of furan rings is 1. The second-order valence-corrected chi connectivity index (χ2v) is 9.43. The smallest absolute Gasteiger partial charge is 0.289 e. The van der Waals surface area contributed by atoms with Crippen LogP contribution in [-0.4, -0.2) is 29.2 Å². The van der Waals surface area contributed by atoms with Crippen LogP contribution < -0.4 is 4.74 Å². The first kappa shape index (κ1) is 21.9. The Morgan fingerprint density at radius 1 is 1.26 bits per heavy atom. The molecule has 2 aromatic rings. The molecule has 1 aliphatic heterocycles. The summed E-state index contributed by atoms with van der Waals surface area (Å²) in [6, 6.07) is 7.41. The summed E-state index contributed by atoms with van der Waals surface area (Å²) in [5.41, 5.74) is 2.00. The maximum absolute atomic E-state index is 13.1. The number of ether oxygens (including phenoxy) is 1. The van der Waals surface area contributed by atoms with E-state index in [0.717, 1.165) is 47.6 Å². The summed E-state index contributed by atoms with van der Waals surface area (Å²) in [5.74, 6) is 2.13. The van der Waals surface area contributed by atoms with Crippen LogP contribution in [0.3, 0.4) is 0 Å². The molecule has 2 atom stereocenters. The van der Waals surface area contributed by atoms with Gasteiger partial charge in [0.1, 0.15) is 23.9 Å². The molecule has 1 saturated heterocycles. The van der Waals surface area contributed by atoms with Gasteiger partial charge in [0.05, 0.1) is 0 Å². The Hall–Kier alpha value is -2.27. The fourth-order valence-electron chi connectivity index (χ4n) is 4.80. The number of hydrogen-bond donors (Lipinski definition) is 0. The standard InChI is InChI=1S/C25H30ClNO4/c1-15(2)19-13-20(26)16(3)12-24(19)30-14-17-8-9-23(31-17)25(29)27-11-10-22(28)18-6-4-5-7-21(18)27/h8-9,12-13,15,18,21H,4-7,10-11,14H2,1-3H3/t18-,21-/m0/s1. The van der Waals surface area contributed by atoms with E-state index in [1.165, 1.54) is 0 Å². The number of fused-ring (bicyclic) bond motifs is 1. The molecule has 1 amide bonds. The molecule has 5 nitrogen and oxygen atoms in total. The van der Waals surface area contributed by atoms with Crippen molar-refractivity contribution in [1.82, 2.24) is 4.90 Å². The molecule has 1 aromatic heterocycles. The van der Waals surface area contributed by atoms with Crippen molar-refractivity contribution in [3.8, 4) is 5.75 Å². The molecule has 0 bridgehead atoms. The molecule has 0 unspecified atom stereocenters. The third kappa shape index (κ3) is 4.52. The average Bonchev–Trinajstić information content (AvgIpc) is 3.23. The van der Waals surface area contributed by atoms with Crippen molar-refractivity contribution < 1.29 is 18.7 Å². The second kappa shape index (κ2) is 9.07. The van der Waals surface area contributed by atoms with E-state index in [0.29, 0.717) is 30.3 Å². The summed E-state index contributed by atoms with van der Waals surface area (Å²) in [4.78, 5) is 27.3. The van der Waals surface area contributed by atoms with E-state index in [4.69, 9.17) is 20.8 Å². The molecule has 0 spiro atoms. The van der Waals surface area contributed by atoms with Gasteiger partial charge in [0.15, 0.2) is 5.76 Å². The van der Waals surface area contributed by atoms with Crippen LogP contribution in [0, 0.1) is 12.8 Å². The Morgan fingerprint density at radius 2 is 2.03 bits per heavy atom. The molecule has 1 aromatic carbocycles. The van der Waals surface area contributed by atoms with Gasteiger partial charge < -0.3 is 14.1 Å². The molecule has 166 valence electrons. The molecule has 2 aliphatic rings. The summed E-state index contributed by atoms with van der Waals surface area (Å²) < 4.78 is 11.9. The lowest BCUT2D eigenvalue weighted by Gasteiger charge is -2.42. The number of hydrogen-bond acceptors (Lipinski definition) is 4. The average molecular weight is 444 g/mol. The van der Waals surface area contributed by atoms with Gasteiger partial charge in [-0.3, -0.25) is 9.59 Å². The van der Waals surface area contributed by atoms with Crippen LogP contribution in [0.1, 0.15) is 79.3 Å². The number of likely N-dealkylation sites (tertiary alicyclic amines) is 1. The highest BCUT2D eigenvalue weighted by atomic mass is 35.5.